The molecule has 2 fully saturated rings. The number of fused-ring (bicyclic) bond motifs is 1. The fourth-order valence-electron chi connectivity index (χ4n) is 6.95. The molecule has 262 valence electrons. The molecule has 12 nitrogen and oxygen atoms in total. The first-order valence-corrected chi connectivity index (χ1v) is 17.6. The molecule has 0 bridgehead atoms. The number of aromatic nitrogens is 4. The van der Waals surface area contributed by atoms with E-state index in [4.69, 9.17) is 23.2 Å². The molecule has 0 radical (unpaired) electrons. The minimum Gasteiger partial charge on any atom is -0.343 e. The average molecular weight is 743 g/mol. The van der Waals surface area contributed by atoms with Crippen molar-refractivity contribution in [2.24, 2.45) is 0 Å². The number of rotatable bonds is 9. The number of imidazole rings is 1. The summed E-state index contributed by atoms with van der Waals surface area (Å²) < 4.78 is 1.60. The predicted octanol–water partition coefficient (Wildman–Crippen LogP) is 6.09. The molecule has 4 heterocycles. The Morgan fingerprint density at radius 2 is 1.55 bits per heavy atom. The summed E-state index contributed by atoms with van der Waals surface area (Å²) in [5, 5.41) is 25.3. The van der Waals surface area contributed by atoms with Crippen LogP contribution in [0, 0.1) is 22.7 Å². The van der Waals surface area contributed by atoms with Crippen LogP contribution >= 0.6 is 23.2 Å². The van der Waals surface area contributed by atoms with Gasteiger partial charge in [0.1, 0.15) is 22.8 Å². The van der Waals surface area contributed by atoms with Gasteiger partial charge in [0.05, 0.1) is 40.3 Å². The van der Waals surface area contributed by atoms with E-state index in [0.29, 0.717) is 58.2 Å². The second-order valence-electron chi connectivity index (χ2n) is 13.9. The van der Waals surface area contributed by atoms with Gasteiger partial charge < -0.3 is 10.6 Å². The molecule has 3 aliphatic rings. The zero-order valence-electron chi connectivity index (χ0n) is 28.2. The highest BCUT2D eigenvalue weighted by Gasteiger charge is 2.57. The van der Waals surface area contributed by atoms with Crippen LogP contribution in [0.2, 0.25) is 10.0 Å². The maximum Gasteiger partial charge on any atom is 0.270 e. The Balaban J connectivity index is 1.06. The molecule has 8 rings (SSSR count). The minimum atomic E-state index is -1.33. The van der Waals surface area contributed by atoms with Crippen molar-refractivity contribution in [3.05, 3.63) is 124 Å². The summed E-state index contributed by atoms with van der Waals surface area (Å²) in [6, 6.07) is 21.3. The number of nitrogens with zero attached hydrogens (tertiary/aromatic N) is 7. The fourth-order valence-corrected chi connectivity index (χ4v) is 7.47. The zero-order chi connectivity index (χ0) is 37.1. The molecule has 2 saturated carbocycles. The van der Waals surface area contributed by atoms with Crippen LogP contribution in [0.4, 0.5) is 11.6 Å². The van der Waals surface area contributed by atoms with Crippen molar-refractivity contribution in [1.82, 2.24) is 30.2 Å². The molecule has 3 aromatic heterocycles. The van der Waals surface area contributed by atoms with Crippen LogP contribution in [-0.4, -0.2) is 42.8 Å². The van der Waals surface area contributed by atoms with E-state index in [2.05, 4.69) is 37.7 Å². The predicted molar refractivity (Wildman–Crippen MR) is 195 cm³/mol. The van der Waals surface area contributed by atoms with E-state index < -0.39 is 22.5 Å². The van der Waals surface area contributed by atoms with Crippen LogP contribution in [-0.2, 0) is 27.1 Å². The highest BCUT2D eigenvalue weighted by atomic mass is 35.5. The van der Waals surface area contributed by atoms with Crippen molar-refractivity contribution in [1.29, 1.82) is 10.5 Å². The second-order valence-corrected chi connectivity index (χ2v) is 14.8. The summed E-state index contributed by atoms with van der Waals surface area (Å²) in [7, 11) is 0. The van der Waals surface area contributed by atoms with E-state index in [0.717, 1.165) is 16.7 Å². The lowest BCUT2D eigenvalue weighted by atomic mass is 9.91. The number of benzene rings is 2. The number of hydrogen-bond acceptors (Lipinski definition) is 8. The van der Waals surface area contributed by atoms with Gasteiger partial charge in [-0.05, 0) is 80.6 Å². The summed E-state index contributed by atoms with van der Waals surface area (Å²) in [5.74, 6) is -1.03. The number of nitrogens with one attached hydrogen (secondary N) is 2. The monoisotopic (exact) mass is 741 g/mol. The smallest absolute Gasteiger partial charge is 0.270 e. The van der Waals surface area contributed by atoms with Crippen LogP contribution in [0.1, 0.15) is 65.5 Å². The summed E-state index contributed by atoms with van der Waals surface area (Å²) in [5.41, 5.74) is 1.29. The van der Waals surface area contributed by atoms with Crippen molar-refractivity contribution in [3.8, 4) is 23.3 Å². The Hall–Kier alpha value is -6.08. The van der Waals surface area contributed by atoms with Crippen LogP contribution in [0.15, 0.2) is 85.5 Å². The van der Waals surface area contributed by atoms with E-state index in [-0.39, 0.29) is 29.9 Å². The first-order chi connectivity index (χ1) is 25.5. The van der Waals surface area contributed by atoms with E-state index in [1.807, 2.05) is 12.1 Å². The van der Waals surface area contributed by atoms with Crippen LogP contribution in [0.5, 0.6) is 0 Å². The van der Waals surface area contributed by atoms with Gasteiger partial charge >= 0.3 is 0 Å². The van der Waals surface area contributed by atoms with Crippen molar-refractivity contribution >= 4 is 52.6 Å². The number of halogens is 2. The van der Waals surface area contributed by atoms with Gasteiger partial charge in [0.25, 0.3) is 11.8 Å². The Kier molecular flexibility index (Phi) is 8.06. The molecule has 5 aromatic rings. The normalized spacial score (nSPS) is 18.7. The number of nitriles is 2. The Morgan fingerprint density at radius 3 is 2.17 bits per heavy atom. The van der Waals surface area contributed by atoms with Gasteiger partial charge in [-0.1, -0.05) is 41.4 Å². The Bertz CT molecular complexity index is 2400. The van der Waals surface area contributed by atoms with Gasteiger partial charge in [-0.15, -0.1) is 0 Å². The number of carbonyl (C=O) groups is 3. The highest BCUT2D eigenvalue weighted by molar-refractivity contribution is 6.35. The Morgan fingerprint density at radius 1 is 0.830 bits per heavy atom. The Labute approximate surface area is 314 Å². The number of pyridine rings is 2. The number of hydrogen-bond donors (Lipinski definition) is 2. The maximum absolute atomic E-state index is 14.4. The van der Waals surface area contributed by atoms with Gasteiger partial charge in [0, 0.05) is 46.2 Å². The second kappa shape index (κ2) is 12.6. The van der Waals surface area contributed by atoms with Crippen LogP contribution < -0.4 is 15.5 Å². The van der Waals surface area contributed by atoms with Gasteiger partial charge in [-0.3, -0.25) is 28.9 Å². The largest absolute Gasteiger partial charge is 0.343 e. The van der Waals surface area contributed by atoms with E-state index in [1.165, 1.54) is 17.3 Å². The summed E-state index contributed by atoms with van der Waals surface area (Å²) in [6.45, 7) is 1.73. The maximum atomic E-state index is 14.4. The fraction of sp³-hybridized carbons (Fsp3) is 0.231. The lowest BCUT2D eigenvalue weighted by Gasteiger charge is -2.27. The molecule has 0 spiro atoms. The zero-order valence-corrected chi connectivity index (χ0v) is 29.7. The van der Waals surface area contributed by atoms with Gasteiger partial charge in [-0.2, -0.15) is 10.5 Å². The third-order valence-electron chi connectivity index (χ3n) is 10.2. The van der Waals surface area contributed by atoms with Crippen molar-refractivity contribution in [2.45, 2.75) is 55.6 Å². The lowest BCUT2D eigenvalue weighted by Crippen LogP contribution is -2.52. The van der Waals surface area contributed by atoms with Crippen LogP contribution in [0.25, 0.3) is 11.1 Å². The topological polar surface area (TPSA) is 170 Å². The summed E-state index contributed by atoms with van der Waals surface area (Å²) >= 11 is 12.7. The molecule has 0 unspecified atom stereocenters. The number of anilines is 2. The van der Waals surface area contributed by atoms with E-state index in [9.17, 15) is 24.9 Å². The first kappa shape index (κ1) is 34.0. The average Bonchev–Trinajstić information content (AvgIpc) is 4.06. The van der Waals surface area contributed by atoms with E-state index >= 15 is 0 Å². The van der Waals surface area contributed by atoms with Gasteiger partial charge in [0.15, 0.2) is 0 Å². The molecule has 1 atom stereocenters. The number of amides is 3. The van der Waals surface area contributed by atoms with Crippen molar-refractivity contribution in [3.63, 3.8) is 0 Å². The van der Waals surface area contributed by atoms with Gasteiger partial charge in [-0.25, -0.2) is 9.88 Å². The van der Waals surface area contributed by atoms with Crippen molar-refractivity contribution < 1.29 is 14.4 Å². The molecular formula is C39H29Cl2N9O3. The molecule has 2 aromatic carbocycles. The third-order valence-corrected chi connectivity index (χ3v) is 10.6. The molecule has 3 amide bonds. The summed E-state index contributed by atoms with van der Waals surface area (Å²) in [6.07, 6.45) is 8.68. The molecule has 1 aliphatic heterocycles. The molecule has 53 heavy (non-hydrogen) atoms. The number of carbonyl (C=O) groups excluding carboxylic acids is 3. The molecular weight excluding hydrogens is 713 g/mol. The highest BCUT2D eigenvalue weighted by Crippen LogP contribution is 2.48. The lowest BCUT2D eigenvalue weighted by molar-refractivity contribution is -0.125. The third kappa shape index (κ3) is 5.96. The molecule has 14 heteroatoms. The van der Waals surface area contributed by atoms with E-state index in [1.54, 1.807) is 72.4 Å². The standard InChI is InChI=1S/C39H29Cl2N9O3/c1-37(16-23-2-4-24(17-42)5-3-23)35(53)49(30-14-28(40)13-29(41)15-30)36-46-22-31(50(36)37)33(51)47-39(10-11-39)34(52)48-38(8-9-38)32-7-6-26(21-45-32)27-12-25(18-43)19-44-20-27/h2-7,12-15,19-22H,8-11,16H2,1H3,(H,47,51)(H,48,52)/t37-/m1/s1. The summed E-state index contributed by atoms with van der Waals surface area (Å²) in [4.78, 5) is 57.2. The molecule has 2 N–H and O–H groups in total. The first-order valence-electron chi connectivity index (χ1n) is 16.8. The van der Waals surface area contributed by atoms with Crippen molar-refractivity contribution in [2.75, 3.05) is 4.90 Å². The van der Waals surface area contributed by atoms with Crippen LogP contribution in [0.3, 0.4) is 0 Å². The molecule has 2 aliphatic carbocycles. The minimum absolute atomic E-state index is 0.104. The van der Waals surface area contributed by atoms with Gasteiger partial charge in [0.2, 0.25) is 11.9 Å². The quantitative estimate of drug-likeness (QED) is 0.183. The molecule has 0 saturated heterocycles. The SMILES string of the molecule is C[C@@]1(Cc2ccc(C#N)cc2)C(=O)N(c2cc(Cl)cc(Cl)c2)c2ncc(C(=O)NC3(C(=O)NC4(c5ccc(-c6cncc(C#N)c6)cn5)CC4)CC3)n21.